The second-order valence-corrected chi connectivity index (χ2v) is 3.07. The molecule has 0 fully saturated rings. The standard InChI is InChI=1S/C9H9NS/c1-7-6-8-4-2-3-5-10(8)9(7)11/h2-6,11H,1H3. The van der Waals surface area contributed by atoms with E-state index in [1.165, 1.54) is 11.1 Å². The van der Waals surface area contributed by atoms with E-state index in [1.54, 1.807) is 0 Å². The van der Waals surface area contributed by atoms with Crippen LogP contribution in [0.5, 0.6) is 0 Å². The highest BCUT2D eigenvalue weighted by molar-refractivity contribution is 7.80. The maximum Gasteiger partial charge on any atom is 0.0792 e. The summed E-state index contributed by atoms with van der Waals surface area (Å²) in [6.07, 6.45) is 2.02. The molecule has 0 amide bonds. The quantitative estimate of drug-likeness (QED) is 0.569. The lowest BCUT2D eigenvalue weighted by atomic mass is 10.3. The van der Waals surface area contributed by atoms with Crippen LogP contribution in [0.1, 0.15) is 5.56 Å². The Labute approximate surface area is 71.1 Å². The van der Waals surface area contributed by atoms with Crippen LogP contribution < -0.4 is 0 Å². The number of hydrogen-bond acceptors (Lipinski definition) is 1. The van der Waals surface area contributed by atoms with Crippen LogP contribution >= 0.6 is 12.6 Å². The SMILES string of the molecule is Cc1cc2ccccn2c1S. The summed E-state index contributed by atoms with van der Waals surface area (Å²) in [7, 11) is 0. The molecule has 0 aromatic carbocycles. The van der Waals surface area contributed by atoms with Gasteiger partial charge in [0.1, 0.15) is 0 Å². The summed E-state index contributed by atoms with van der Waals surface area (Å²) in [6, 6.07) is 8.24. The normalized spacial score (nSPS) is 10.7. The minimum atomic E-state index is 1.03. The first-order chi connectivity index (χ1) is 5.29. The summed E-state index contributed by atoms with van der Waals surface area (Å²) in [6.45, 7) is 2.06. The predicted molar refractivity (Wildman–Crippen MR) is 49.4 cm³/mol. The maximum atomic E-state index is 4.38. The van der Waals surface area contributed by atoms with Crippen molar-refractivity contribution in [2.24, 2.45) is 0 Å². The third kappa shape index (κ3) is 0.942. The second kappa shape index (κ2) is 2.31. The lowest BCUT2D eigenvalue weighted by Crippen LogP contribution is -1.81. The van der Waals surface area contributed by atoms with Crippen molar-refractivity contribution in [3.8, 4) is 0 Å². The molecule has 2 rings (SSSR count). The Kier molecular flexibility index (Phi) is 1.43. The Morgan fingerprint density at radius 2 is 2.18 bits per heavy atom. The van der Waals surface area contributed by atoms with Gasteiger partial charge >= 0.3 is 0 Å². The monoisotopic (exact) mass is 163 g/mol. The minimum absolute atomic E-state index is 1.03. The average Bonchev–Trinajstić information content (AvgIpc) is 2.30. The summed E-state index contributed by atoms with van der Waals surface area (Å²) < 4.78 is 2.07. The molecule has 0 aliphatic heterocycles. The first-order valence-electron chi connectivity index (χ1n) is 3.55. The van der Waals surface area contributed by atoms with Gasteiger partial charge in [-0.15, -0.1) is 12.6 Å². The van der Waals surface area contributed by atoms with E-state index in [0.29, 0.717) is 0 Å². The molecule has 0 N–H and O–H groups in total. The molecular weight excluding hydrogens is 154 g/mol. The summed E-state index contributed by atoms with van der Waals surface area (Å²) in [4.78, 5) is 0. The van der Waals surface area contributed by atoms with E-state index < -0.39 is 0 Å². The zero-order valence-corrected chi connectivity index (χ0v) is 7.18. The first kappa shape index (κ1) is 6.80. The van der Waals surface area contributed by atoms with Gasteiger partial charge in [0.15, 0.2) is 0 Å². The number of thiol groups is 1. The Morgan fingerprint density at radius 3 is 2.91 bits per heavy atom. The fourth-order valence-corrected chi connectivity index (χ4v) is 1.49. The van der Waals surface area contributed by atoms with Crippen LogP contribution in [0.3, 0.4) is 0 Å². The molecule has 2 heteroatoms. The van der Waals surface area contributed by atoms with Gasteiger partial charge in [-0.3, -0.25) is 0 Å². The van der Waals surface area contributed by atoms with Crippen molar-refractivity contribution in [2.75, 3.05) is 0 Å². The van der Waals surface area contributed by atoms with E-state index in [9.17, 15) is 0 Å². The van der Waals surface area contributed by atoms with Gasteiger partial charge in [-0.25, -0.2) is 0 Å². The van der Waals surface area contributed by atoms with Gasteiger partial charge in [-0.05, 0) is 30.7 Å². The van der Waals surface area contributed by atoms with Gasteiger partial charge < -0.3 is 4.40 Å². The molecule has 0 saturated heterocycles. The molecule has 0 bridgehead atoms. The average molecular weight is 163 g/mol. The van der Waals surface area contributed by atoms with E-state index >= 15 is 0 Å². The number of fused-ring (bicyclic) bond motifs is 1. The third-order valence-electron chi connectivity index (χ3n) is 1.84. The van der Waals surface area contributed by atoms with Gasteiger partial charge in [0.05, 0.1) is 5.03 Å². The van der Waals surface area contributed by atoms with E-state index in [2.05, 4.69) is 36.1 Å². The Bertz CT molecular complexity index is 389. The third-order valence-corrected chi connectivity index (χ3v) is 2.40. The van der Waals surface area contributed by atoms with E-state index in [1.807, 2.05) is 18.3 Å². The fourth-order valence-electron chi connectivity index (χ4n) is 1.24. The van der Waals surface area contributed by atoms with Crippen molar-refractivity contribution < 1.29 is 0 Å². The number of aromatic nitrogens is 1. The van der Waals surface area contributed by atoms with Gasteiger partial charge in [0.25, 0.3) is 0 Å². The number of hydrogen-bond donors (Lipinski definition) is 1. The molecule has 0 spiro atoms. The highest BCUT2D eigenvalue weighted by atomic mass is 32.1. The summed E-state index contributed by atoms with van der Waals surface area (Å²) in [5, 5.41) is 1.03. The Hall–Kier alpha value is -0.890. The molecule has 0 atom stereocenters. The van der Waals surface area contributed by atoms with Crippen molar-refractivity contribution in [3.05, 3.63) is 36.0 Å². The minimum Gasteiger partial charge on any atom is -0.312 e. The molecule has 56 valence electrons. The van der Waals surface area contributed by atoms with E-state index in [4.69, 9.17) is 0 Å². The van der Waals surface area contributed by atoms with Gasteiger partial charge in [0, 0.05) is 11.7 Å². The van der Waals surface area contributed by atoms with Crippen LogP contribution in [0.2, 0.25) is 0 Å². The smallest absolute Gasteiger partial charge is 0.0792 e. The van der Waals surface area contributed by atoms with Crippen molar-refractivity contribution in [1.82, 2.24) is 4.40 Å². The number of nitrogens with zero attached hydrogens (tertiary/aromatic N) is 1. The molecule has 2 heterocycles. The van der Waals surface area contributed by atoms with Crippen molar-refractivity contribution >= 4 is 18.1 Å². The fraction of sp³-hybridized carbons (Fsp3) is 0.111. The predicted octanol–water partition coefficient (Wildman–Crippen LogP) is 2.54. The van der Waals surface area contributed by atoms with Crippen molar-refractivity contribution in [3.63, 3.8) is 0 Å². The Morgan fingerprint density at radius 1 is 1.36 bits per heavy atom. The second-order valence-electron chi connectivity index (χ2n) is 2.65. The number of aryl methyl sites for hydroxylation is 1. The molecule has 0 aliphatic rings. The first-order valence-corrected chi connectivity index (χ1v) is 3.99. The molecule has 1 nitrogen and oxygen atoms in total. The molecular formula is C9H9NS. The van der Waals surface area contributed by atoms with Crippen LogP contribution in [0, 0.1) is 6.92 Å². The number of rotatable bonds is 0. The summed E-state index contributed by atoms with van der Waals surface area (Å²) >= 11 is 4.38. The summed E-state index contributed by atoms with van der Waals surface area (Å²) in [5.74, 6) is 0. The molecule has 0 saturated carbocycles. The highest BCUT2D eigenvalue weighted by Gasteiger charge is 1.99. The molecule has 0 aliphatic carbocycles. The Balaban J connectivity index is 2.92. The van der Waals surface area contributed by atoms with Crippen molar-refractivity contribution in [2.45, 2.75) is 11.9 Å². The van der Waals surface area contributed by atoms with Gasteiger partial charge in [-0.1, -0.05) is 6.07 Å². The topological polar surface area (TPSA) is 4.41 Å². The highest BCUT2D eigenvalue weighted by Crippen LogP contribution is 2.18. The lowest BCUT2D eigenvalue weighted by molar-refractivity contribution is 1.03. The van der Waals surface area contributed by atoms with Crippen LogP contribution in [0.4, 0.5) is 0 Å². The van der Waals surface area contributed by atoms with Crippen molar-refractivity contribution in [1.29, 1.82) is 0 Å². The summed E-state index contributed by atoms with van der Waals surface area (Å²) in [5.41, 5.74) is 2.43. The molecule has 2 aromatic heterocycles. The zero-order chi connectivity index (χ0) is 7.84. The van der Waals surface area contributed by atoms with E-state index in [0.717, 1.165) is 5.03 Å². The molecule has 0 radical (unpaired) electrons. The number of pyridine rings is 1. The lowest BCUT2D eigenvalue weighted by Gasteiger charge is -1.94. The maximum absolute atomic E-state index is 4.38. The largest absolute Gasteiger partial charge is 0.312 e. The van der Waals surface area contributed by atoms with Gasteiger partial charge in [-0.2, -0.15) is 0 Å². The van der Waals surface area contributed by atoms with Crippen LogP contribution in [-0.4, -0.2) is 4.40 Å². The van der Waals surface area contributed by atoms with Crippen LogP contribution in [-0.2, 0) is 0 Å². The van der Waals surface area contributed by atoms with Gasteiger partial charge in [0.2, 0.25) is 0 Å². The molecule has 11 heavy (non-hydrogen) atoms. The van der Waals surface area contributed by atoms with Crippen LogP contribution in [0.25, 0.3) is 5.52 Å². The van der Waals surface area contributed by atoms with E-state index in [-0.39, 0.29) is 0 Å². The van der Waals surface area contributed by atoms with Crippen LogP contribution in [0.15, 0.2) is 35.5 Å². The molecule has 2 aromatic rings. The zero-order valence-electron chi connectivity index (χ0n) is 6.28. The molecule has 0 unspecified atom stereocenters.